The Morgan fingerprint density at radius 2 is 2.00 bits per heavy atom. The first-order valence-corrected chi connectivity index (χ1v) is 11.5. The molecule has 4 rings (SSSR count). The van der Waals surface area contributed by atoms with E-state index < -0.39 is 0 Å². The standard InChI is InChI=1S/C20H23N5O3S2/c1-12(2)18(27)24-19-22-14(11-29-19)10-17(26)21-13-3-4-15-16(9-13)30-20(23-15)25-5-7-28-8-6-25/h3-4,9,11-12H,5-8,10H2,1-2H3,(H,21,26)(H,22,24,27). The lowest BCUT2D eigenvalue weighted by atomic mass is 10.2. The van der Waals surface area contributed by atoms with Gasteiger partial charge in [0.2, 0.25) is 11.8 Å². The molecule has 2 aromatic heterocycles. The predicted molar refractivity (Wildman–Crippen MR) is 121 cm³/mol. The molecule has 1 aliphatic rings. The number of thiazole rings is 2. The predicted octanol–water partition coefficient (Wildman–Crippen LogP) is 3.37. The summed E-state index contributed by atoms with van der Waals surface area (Å²) in [6.45, 7) is 6.77. The molecular formula is C20H23N5O3S2. The molecule has 2 amide bonds. The first kappa shape index (κ1) is 20.7. The number of rotatable bonds is 6. The van der Waals surface area contributed by atoms with Crippen molar-refractivity contribution in [3.05, 3.63) is 29.3 Å². The number of hydrogen-bond acceptors (Lipinski definition) is 8. The number of amides is 2. The molecule has 0 bridgehead atoms. The summed E-state index contributed by atoms with van der Waals surface area (Å²) >= 11 is 2.94. The number of nitrogens with one attached hydrogen (secondary N) is 2. The number of hydrogen-bond donors (Lipinski definition) is 2. The van der Waals surface area contributed by atoms with Gasteiger partial charge in [-0.1, -0.05) is 25.2 Å². The van der Waals surface area contributed by atoms with E-state index in [1.165, 1.54) is 11.3 Å². The Morgan fingerprint density at radius 1 is 1.20 bits per heavy atom. The van der Waals surface area contributed by atoms with E-state index in [9.17, 15) is 9.59 Å². The summed E-state index contributed by atoms with van der Waals surface area (Å²) in [4.78, 5) is 35.4. The Morgan fingerprint density at radius 3 is 2.77 bits per heavy atom. The molecule has 0 radical (unpaired) electrons. The lowest BCUT2D eigenvalue weighted by Crippen LogP contribution is -2.36. The highest BCUT2D eigenvalue weighted by atomic mass is 32.1. The Labute approximate surface area is 182 Å². The van der Waals surface area contributed by atoms with Crippen LogP contribution in [0.1, 0.15) is 19.5 Å². The Balaban J connectivity index is 1.38. The van der Waals surface area contributed by atoms with E-state index in [0.717, 1.165) is 47.3 Å². The molecule has 3 heterocycles. The van der Waals surface area contributed by atoms with Gasteiger partial charge < -0.3 is 20.3 Å². The van der Waals surface area contributed by atoms with Crippen molar-refractivity contribution in [2.75, 3.05) is 41.8 Å². The van der Waals surface area contributed by atoms with Crippen LogP contribution in [0.5, 0.6) is 0 Å². The van der Waals surface area contributed by atoms with Crippen molar-refractivity contribution in [3.8, 4) is 0 Å². The van der Waals surface area contributed by atoms with Crippen LogP contribution in [0.25, 0.3) is 10.2 Å². The zero-order valence-electron chi connectivity index (χ0n) is 16.8. The Kier molecular flexibility index (Phi) is 6.26. The minimum atomic E-state index is -0.153. The average Bonchev–Trinajstić information content (AvgIpc) is 3.34. The molecule has 1 saturated heterocycles. The number of anilines is 3. The fourth-order valence-electron chi connectivity index (χ4n) is 2.95. The lowest BCUT2D eigenvalue weighted by Gasteiger charge is -2.25. The Bertz CT molecular complexity index is 1060. The van der Waals surface area contributed by atoms with Crippen LogP contribution in [0.3, 0.4) is 0 Å². The molecule has 30 heavy (non-hydrogen) atoms. The number of fused-ring (bicyclic) bond motifs is 1. The molecule has 0 saturated carbocycles. The molecule has 0 aliphatic carbocycles. The van der Waals surface area contributed by atoms with Crippen molar-refractivity contribution < 1.29 is 14.3 Å². The maximum absolute atomic E-state index is 12.4. The van der Waals surface area contributed by atoms with Crippen molar-refractivity contribution in [1.82, 2.24) is 9.97 Å². The molecule has 3 aromatic rings. The van der Waals surface area contributed by atoms with E-state index >= 15 is 0 Å². The molecule has 1 aromatic carbocycles. The second-order valence-electron chi connectivity index (χ2n) is 7.29. The summed E-state index contributed by atoms with van der Waals surface area (Å²) in [7, 11) is 0. The van der Waals surface area contributed by atoms with Gasteiger partial charge in [-0.3, -0.25) is 9.59 Å². The number of ether oxygens (including phenoxy) is 1. The molecule has 10 heteroatoms. The molecular weight excluding hydrogens is 422 g/mol. The van der Waals surface area contributed by atoms with Gasteiger partial charge in [-0.15, -0.1) is 11.3 Å². The summed E-state index contributed by atoms with van der Waals surface area (Å²) in [5.41, 5.74) is 2.28. The summed E-state index contributed by atoms with van der Waals surface area (Å²) < 4.78 is 6.43. The van der Waals surface area contributed by atoms with Gasteiger partial charge in [0.1, 0.15) is 0 Å². The zero-order chi connectivity index (χ0) is 21.1. The van der Waals surface area contributed by atoms with E-state index in [1.54, 1.807) is 16.7 Å². The van der Waals surface area contributed by atoms with Gasteiger partial charge in [0.15, 0.2) is 10.3 Å². The number of benzene rings is 1. The van der Waals surface area contributed by atoms with Crippen LogP contribution in [-0.2, 0) is 20.7 Å². The topological polar surface area (TPSA) is 96.5 Å². The third-order valence-electron chi connectivity index (χ3n) is 4.59. The van der Waals surface area contributed by atoms with Gasteiger partial charge in [0.05, 0.1) is 35.5 Å². The molecule has 0 spiro atoms. The third kappa shape index (κ3) is 4.94. The maximum atomic E-state index is 12.4. The van der Waals surface area contributed by atoms with Crippen LogP contribution in [-0.4, -0.2) is 48.1 Å². The molecule has 8 nitrogen and oxygen atoms in total. The smallest absolute Gasteiger partial charge is 0.230 e. The van der Waals surface area contributed by atoms with Crippen LogP contribution in [0, 0.1) is 5.92 Å². The SMILES string of the molecule is CC(C)C(=O)Nc1nc(CC(=O)Nc2ccc3nc(N4CCOCC4)sc3c2)cs1. The molecule has 0 atom stereocenters. The summed E-state index contributed by atoms with van der Waals surface area (Å²) in [6, 6.07) is 5.73. The Hall–Kier alpha value is -2.56. The maximum Gasteiger partial charge on any atom is 0.230 e. The highest BCUT2D eigenvalue weighted by molar-refractivity contribution is 7.22. The lowest BCUT2D eigenvalue weighted by molar-refractivity contribution is -0.119. The fraction of sp³-hybridized carbons (Fsp3) is 0.400. The second kappa shape index (κ2) is 9.07. The van der Waals surface area contributed by atoms with Crippen molar-refractivity contribution in [2.24, 2.45) is 5.92 Å². The van der Waals surface area contributed by atoms with E-state index in [2.05, 4.69) is 20.5 Å². The number of nitrogens with zero attached hydrogens (tertiary/aromatic N) is 3. The third-order valence-corrected chi connectivity index (χ3v) is 6.48. The van der Waals surface area contributed by atoms with E-state index in [1.807, 2.05) is 32.0 Å². The second-order valence-corrected chi connectivity index (χ2v) is 9.16. The number of carbonyl (C=O) groups excluding carboxylic acids is 2. The van der Waals surface area contributed by atoms with Crippen molar-refractivity contribution >= 4 is 60.7 Å². The van der Waals surface area contributed by atoms with Gasteiger partial charge in [-0.05, 0) is 18.2 Å². The number of aromatic nitrogens is 2. The molecule has 0 unspecified atom stereocenters. The molecule has 2 N–H and O–H groups in total. The average molecular weight is 446 g/mol. The van der Waals surface area contributed by atoms with E-state index in [4.69, 9.17) is 9.72 Å². The van der Waals surface area contributed by atoms with Gasteiger partial charge in [0, 0.05) is 30.1 Å². The summed E-state index contributed by atoms with van der Waals surface area (Å²) in [6.07, 6.45) is 0.147. The molecule has 1 fully saturated rings. The van der Waals surface area contributed by atoms with Crippen LogP contribution in [0.2, 0.25) is 0 Å². The summed E-state index contributed by atoms with van der Waals surface area (Å²) in [5, 5.41) is 8.96. The molecule has 158 valence electrons. The first-order chi connectivity index (χ1) is 14.5. The van der Waals surface area contributed by atoms with Crippen LogP contribution >= 0.6 is 22.7 Å². The van der Waals surface area contributed by atoms with Crippen LogP contribution < -0.4 is 15.5 Å². The van der Waals surface area contributed by atoms with Gasteiger partial charge >= 0.3 is 0 Å². The highest BCUT2D eigenvalue weighted by Gasteiger charge is 2.16. The fourth-order valence-corrected chi connectivity index (χ4v) is 4.71. The van der Waals surface area contributed by atoms with Crippen LogP contribution in [0.4, 0.5) is 16.0 Å². The van der Waals surface area contributed by atoms with Crippen LogP contribution in [0.15, 0.2) is 23.6 Å². The number of morpholine rings is 1. The zero-order valence-corrected chi connectivity index (χ0v) is 18.4. The monoisotopic (exact) mass is 445 g/mol. The van der Waals surface area contributed by atoms with Gasteiger partial charge in [0.25, 0.3) is 0 Å². The van der Waals surface area contributed by atoms with Gasteiger partial charge in [-0.2, -0.15) is 0 Å². The normalized spacial score (nSPS) is 14.3. The van der Waals surface area contributed by atoms with E-state index in [0.29, 0.717) is 10.8 Å². The minimum absolute atomic E-state index is 0.0883. The minimum Gasteiger partial charge on any atom is -0.378 e. The largest absolute Gasteiger partial charge is 0.378 e. The van der Waals surface area contributed by atoms with E-state index in [-0.39, 0.29) is 24.2 Å². The van der Waals surface area contributed by atoms with Gasteiger partial charge in [-0.25, -0.2) is 9.97 Å². The highest BCUT2D eigenvalue weighted by Crippen LogP contribution is 2.31. The van der Waals surface area contributed by atoms with Crippen molar-refractivity contribution in [3.63, 3.8) is 0 Å². The summed E-state index contributed by atoms with van der Waals surface area (Å²) in [5.74, 6) is -0.361. The molecule has 1 aliphatic heterocycles. The van der Waals surface area contributed by atoms with Crippen molar-refractivity contribution in [2.45, 2.75) is 20.3 Å². The van der Waals surface area contributed by atoms with Crippen molar-refractivity contribution in [1.29, 1.82) is 0 Å². The first-order valence-electron chi connectivity index (χ1n) is 9.76. The number of carbonyl (C=O) groups is 2. The quantitative estimate of drug-likeness (QED) is 0.604.